The maximum absolute atomic E-state index is 5.84. The van der Waals surface area contributed by atoms with Crippen molar-refractivity contribution in [3.63, 3.8) is 0 Å². The van der Waals surface area contributed by atoms with Gasteiger partial charge in [-0.3, -0.25) is 0 Å². The first kappa shape index (κ1) is 12.5. The number of nitrogen functional groups attached to an aromatic ring is 1. The number of anilines is 3. The molecule has 0 atom stereocenters. The van der Waals surface area contributed by atoms with E-state index in [0.29, 0.717) is 0 Å². The molecule has 2 aromatic rings. The van der Waals surface area contributed by atoms with Crippen LogP contribution in [0.5, 0.6) is 0 Å². The van der Waals surface area contributed by atoms with E-state index in [9.17, 15) is 0 Å². The Bertz CT molecular complexity index is 536. The third-order valence-electron chi connectivity index (χ3n) is 2.48. The average molecular weight is 356 g/mol. The molecule has 0 bridgehead atoms. The molecule has 4 heteroatoms. The van der Waals surface area contributed by atoms with Crippen molar-refractivity contribution in [3.8, 4) is 0 Å². The largest absolute Gasteiger partial charge is 0.398 e. The van der Waals surface area contributed by atoms with Crippen LogP contribution < -0.4 is 11.1 Å². The number of aryl methyl sites for hydroxylation is 1. The van der Waals surface area contributed by atoms with E-state index >= 15 is 0 Å². The van der Waals surface area contributed by atoms with Crippen molar-refractivity contribution in [3.05, 3.63) is 50.9 Å². The van der Waals surface area contributed by atoms with Crippen LogP contribution in [0.3, 0.4) is 0 Å². The van der Waals surface area contributed by atoms with Gasteiger partial charge in [0, 0.05) is 20.3 Å². The maximum Gasteiger partial charge on any atom is 0.0532 e. The van der Waals surface area contributed by atoms with Gasteiger partial charge in [0.2, 0.25) is 0 Å². The Labute approximate surface area is 117 Å². The molecule has 0 amide bonds. The lowest BCUT2D eigenvalue weighted by atomic mass is 10.2. The summed E-state index contributed by atoms with van der Waals surface area (Å²) in [4.78, 5) is 0. The molecular formula is C13H12Br2N2. The van der Waals surface area contributed by atoms with Gasteiger partial charge >= 0.3 is 0 Å². The van der Waals surface area contributed by atoms with Crippen LogP contribution in [0, 0.1) is 6.92 Å². The predicted octanol–water partition coefficient (Wildman–Crippen LogP) is 4.85. The summed E-state index contributed by atoms with van der Waals surface area (Å²) in [5.74, 6) is 0. The highest BCUT2D eigenvalue weighted by Gasteiger charge is 2.03. The highest BCUT2D eigenvalue weighted by Crippen LogP contribution is 2.30. The predicted molar refractivity (Wildman–Crippen MR) is 80.7 cm³/mol. The highest BCUT2D eigenvalue weighted by molar-refractivity contribution is 9.10. The van der Waals surface area contributed by atoms with Gasteiger partial charge in [-0.25, -0.2) is 0 Å². The summed E-state index contributed by atoms with van der Waals surface area (Å²) < 4.78 is 2.03. The van der Waals surface area contributed by atoms with Crippen molar-refractivity contribution in [1.82, 2.24) is 0 Å². The molecule has 0 radical (unpaired) electrons. The van der Waals surface area contributed by atoms with Gasteiger partial charge in [-0.2, -0.15) is 0 Å². The molecule has 0 aliphatic rings. The van der Waals surface area contributed by atoms with Crippen molar-refractivity contribution < 1.29 is 0 Å². The highest BCUT2D eigenvalue weighted by atomic mass is 79.9. The van der Waals surface area contributed by atoms with Crippen LogP contribution in [0.25, 0.3) is 0 Å². The number of benzene rings is 2. The zero-order valence-electron chi connectivity index (χ0n) is 9.30. The molecule has 2 aromatic carbocycles. The second-order valence-electron chi connectivity index (χ2n) is 3.82. The average Bonchev–Trinajstić information content (AvgIpc) is 2.29. The second kappa shape index (κ2) is 5.10. The summed E-state index contributed by atoms with van der Waals surface area (Å²) in [5.41, 5.74) is 9.74. The van der Waals surface area contributed by atoms with E-state index in [1.165, 1.54) is 0 Å². The fourth-order valence-corrected chi connectivity index (χ4v) is 2.21. The van der Waals surface area contributed by atoms with Crippen molar-refractivity contribution in [2.24, 2.45) is 0 Å². The smallest absolute Gasteiger partial charge is 0.0532 e. The van der Waals surface area contributed by atoms with E-state index in [1.807, 2.05) is 43.3 Å². The second-order valence-corrected chi connectivity index (χ2v) is 5.59. The molecule has 3 N–H and O–H groups in total. The van der Waals surface area contributed by atoms with E-state index in [2.05, 4.69) is 37.2 Å². The van der Waals surface area contributed by atoms with Gasteiger partial charge in [0.1, 0.15) is 0 Å². The number of nitrogens with two attached hydrogens (primary N) is 1. The third kappa shape index (κ3) is 3.01. The Hall–Kier alpha value is -1.00. The molecule has 0 saturated carbocycles. The van der Waals surface area contributed by atoms with Crippen LogP contribution >= 0.6 is 31.9 Å². The SMILES string of the molecule is Cc1cc(Nc2ccc(Br)cc2)c(Br)cc1N. The molecule has 88 valence electrons. The Balaban J connectivity index is 2.30. The van der Waals surface area contributed by atoms with Gasteiger partial charge in [0.25, 0.3) is 0 Å². The third-order valence-corrected chi connectivity index (χ3v) is 3.66. The fourth-order valence-electron chi connectivity index (χ4n) is 1.48. The van der Waals surface area contributed by atoms with Crippen molar-refractivity contribution in [2.75, 3.05) is 11.1 Å². The van der Waals surface area contributed by atoms with E-state index in [0.717, 1.165) is 31.6 Å². The standard InChI is InChI=1S/C13H12Br2N2/c1-8-6-13(11(15)7-12(8)16)17-10-4-2-9(14)3-5-10/h2-7,17H,16H2,1H3. The van der Waals surface area contributed by atoms with E-state index in [4.69, 9.17) is 5.73 Å². The molecule has 0 saturated heterocycles. The normalized spacial score (nSPS) is 10.3. The van der Waals surface area contributed by atoms with Gasteiger partial charge in [-0.15, -0.1) is 0 Å². The van der Waals surface area contributed by atoms with Gasteiger partial charge in [0.15, 0.2) is 0 Å². The topological polar surface area (TPSA) is 38.0 Å². The lowest BCUT2D eigenvalue weighted by molar-refractivity contribution is 1.43. The van der Waals surface area contributed by atoms with Crippen LogP contribution in [0.4, 0.5) is 17.1 Å². The monoisotopic (exact) mass is 354 g/mol. The number of halogens is 2. The summed E-state index contributed by atoms with van der Waals surface area (Å²) in [7, 11) is 0. The van der Waals surface area contributed by atoms with Gasteiger partial charge in [-0.1, -0.05) is 15.9 Å². The maximum atomic E-state index is 5.84. The number of rotatable bonds is 2. The summed E-state index contributed by atoms with van der Waals surface area (Å²) in [6.07, 6.45) is 0. The molecular weight excluding hydrogens is 344 g/mol. The van der Waals surface area contributed by atoms with Crippen molar-refractivity contribution in [2.45, 2.75) is 6.92 Å². The first-order valence-electron chi connectivity index (χ1n) is 5.14. The molecule has 0 heterocycles. The first-order valence-corrected chi connectivity index (χ1v) is 6.73. The van der Waals surface area contributed by atoms with E-state index in [1.54, 1.807) is 0 Å². The summed E-state index contributed by atoms with van der Waals surface area (Å²) in [6, 6.07) is 12.0. The number of nitrogens with one attached hydrogen (secondary N) is 1. The fraction of sp³-hybridized carbons (Fsp3) is 0.0769. The minimum absolute atomic E-state index is 0.790. The molecule has 0 aliphatic carbocycles. The lowest BCUT2D eigenvalue weighted by Crippen LogP contribution is -1.95. The van der Waals surface area contributed by atoms with Crippen LogP contribution in [0.1, 0.15) is 5.56 Å². The molecule has 0 aromatic heterocycles. The van der Waals surface area contributed by atoms with Crippen molar-refractivity contribution >= 4 is 48.9 Å². The zero-order valence-corrected chi connectivity index (χ0v) is 12.5. The number of hydrogen-bond donors (Lipinski definition) is 2. The first-order chi connectivity index (χ1) is 8.06. The summed E-state index contributed by atoms with van der Waals surface area (Å²) in [5, 5.41) is 3.34. The number of hydrogen-bond acceptors (Lipinski definition) is 2. The minimum Gasteiger partial charge on any atom is -0.398 e. The molecule has 2 rings (SSSR count). The van der Waals surface area contributed by atoms with Gasteiger partial charge < -0.3 is 11.1 Å². The van der Waals surface area contributed by atoms with Crippen LogP contribution in [-0.2, 0) is 0 Å². The Morgan fingerprint density at radius 1 is 1.06 bits per heavy atom. The minimum atomic E-state index is 0.790. The van der Waals surface area contributed by atoms with Gasteiger partial charge in [0.05, 0.1) is 5.69 Å². The molecule has 0 spiro atoms. The summed E-state index contributed by atoms with van der Waals surface area (Å²) >= 11 is 6.91. The quantitative estimate of drug-likeness (QED) is 0.756. The van der Waals surface area contributed by atoms with Crippen LogP contribution in [0.2, 0.25) is 0 Å². The molecule has 0 fully saturated rings. The Morgan fingerprint density at radius 2 is 1.71 bits per heavy atom. The molecule has 0 unspecified atom stereocenters. The van der Waals surface area contributed by atoms with Gasteiger partial charge in [-0.05, 0) is 64.8 Å². The summed E-state index contributed by atoms with van der Waals surface area (Å²) in [6.45, 7) is 1.99. The van der Waals surface area contributed by atoms with E-state index < -0.39 is 0 Å². The molecule has 17 heavy (non-hydrogen) atoms. The molecule has 0 aliphatic heterocycles. The van der Waals surface area contributed by atoms with E-state index in [-0.39, 0.29) is 0 Å². The Kier molecular flexibility index (Phi) is 3.74. The lowest BCUT2D eigenvalue weighted by Gasteiger charge is -2.11. The van der Waals surface area contributed by atoms with Crippen molar-refractivity contribution in [1.29, 1.82) is 0 Å². The zero-order chi connectivity index (χ0) is 12.4. The Morgan fingerprint density at radius 3 is 2.35 bits per heavy atom. The molecule has 2 nitrogen and oxygen atoms in total. The van der Waals surface area contributed by atoms with Crippen LogP contribution in [0.15, 0.2) is 45.3 Å². The van der Waals surface area contributed by atoms with Crippen LogP contribution in [-0.4, -0.2) is 0 Å².